The highest BCUT2D eigenvalue weighted by atomic mass is 32.1. The number of fused-ring (bicyclic) bond motifs is 5. The molecule has 7 amide bonds. The summed E-state index contributed by atoms with van der Waals surface area (Å²) >= 11 is 1.08. The molecule has 13 nitrogen and oxygen atoms in total. The Labute approximate surface area is 790 Å². The lowest BCUT2D eigenvalue weighted by atomic mass is 9.78. The van der Waals surface area contributed by atoms with Crippen molar-refractivity contribution in [3.8, 4) is 22.3 Å². The summed E-state index contributed by atoms with van der Waals surface area (Å²) in [5, 5.41) is 13.2. The fourth-order valence-corrected chi connectivity index (χ4v) is 24.6. The molecule has 0 aliphatic carbocycles. The first-order chi connectivity index (χ1) is 64.7. The van der Waals surface area contributed by atoms with E-state index >= 15 is 33.6 Å². The quantitative estimate of drug-likeness (QED) is 0.0157. The smallest absolute Gasteiger partial charge is 0.262 e. The molecule has 12 aromatic rings. The van der Waals surface area contributed by atoms with Gasteiger partial charge in [0.2, 0.25) is 0 Å². The molecule has 16 rings (SSSR count). The third-order valence-corrected chi connectivity index (χ3v) is 31.9. The molecule has 1 aromatic heterocycles. The summed E-state index contributed by atoms with van der Waals surface area (Å²) in [6, 6.07) is 33.1. The number of benzene rings is 11. The number of hydrogen-bond donors (Lipinski definition) is 0. The summed E-state index contributed by atoms with van der Waals surface area (Å²) in [6.07, 6.45) is 54.2. The number of amides is 7. The van der Waals surface area contributed by atoms with Crippen LogP contribution in [0, 0.1) is 23.7 Å². The number of hydrogen-bond acceptors (Lipinski definition) is 10. The van der Waals surface area contributed by atoms with Crippen molar-refractivity contribution in [2.45, 2.75) is 370 Å². The van der Waals surface area contributed by atoms with Crippen molar-refractivity contribution in [1.82, 2.24) is 28.3 Å². The van der Waals surface area contributed by atoms with Gasteiger partial charge in [0.05, 0.1) is 22.9 Å². The first-order valence-electron chi connectivity index (χ1n) is 53.3. The van der Waals surface area contributed by atoms with Crippen molar-refractivity contribution in [3.05, 3.63) is 142 Å². The topological polar surface area (TPSA) is 158 Å². The molecule has 0 saturated heterocycles. The molecule has 0 radical (unpaired) electrons. The Hall–Kier alpha value is -9.27. The summed E-state index contributed by atoms with van der Waals surface area (Å²) in [4.78, 5) is 119. The van der Waals surface area contributed by atoms with Crippen molar-refractivity contribution in [3.63, 3.8) is 0 Å². The van der Waals surface area contributed by atoms with Crippen LogP contribution in [0.3, 0.4) is 0 Å². The van der Waals surface area contributed by atoms with Gasteiger partial charge < -0.3 is 4.90 Å². The molecular weight excluding hydrogens is 1650 g/mol. The van der Waals surface area contributed by atoms with E-state index < -0.39 is 0 Å². The largest absolute Gasteiger partial charge is 0.334 e. The zero-order chi connectivity index (χ0) is 91.9. The van der Waals surface area contributed by atoms with E-state index in [0.29, 0.717) is 114 Å². The average Bonchev–Trinajstić information content (AvgIpc) is 0.738. The van der Waals surface area contributed by atoms with Crippen LogP contribution >= 0.6 is 11.7 Å². The summed E-state index contributed by atoms with van der Waals surface area (Å²) < 4.78 is 10.7. The molecule has 0 N–H and O–H groups in total. The summed E-state index contributed by atoms with van der Waals surface area (Å²) in [6.45, 7) is 20.2. The molecule has 0 bridgehead atoms. The van der Waals surface area contributed by atoms with E-state index in [4.69, 9.17) is 8.75 Å². The molecule has 11 aromatic carbocycles. The predicted molar refractivity (Wildman–Crippen MR) is 553 cm³/mol. The van der Waals surface area contributed by atoms with Gasteiger partial charge in [-0.05, 0) is 199 Å². The molecule has 0 saturated carbocycles. The zero-order valence-corrected chi connectivity index (χ0v) is 82.3. The van der Waals surface area contributed by atoms with Gasteiger partial charge in [0, 0.05) is 93.2 Å². The van der Waals surface area contributed by atoms with E-state index in [1.165, 1.54) is 135 Å². The zero-order valence-electron chi connectivity index (χ0n) is 81.5. The second-order valence-electron chi connectivity index (χ2n) is 40.8. The van der Waals surface area contributed by atoms with Crippen LogP contribution in [0.25, 0.3) is 119 Å². The van der Waals surface area contributed by atoms with Gasteiger partial charge in [0.1, 0.15) is 11.0 Å². The second kappa shape index (κ2) is 45.4. The number of imide groups is 3. The molecule has 4 atom stereocenters. The first-order valence-corrected chi connectivity index (χ1v) is 54.1. The Morgan fingerprint density at radius 3 is 0.803 bits per heavy atom. The van der Waals surface area contributed by atoms with Crippen LogP contribution in [0.4, 0.5) is 0 Å². The van der Waals surface area contributed by atoms with E-state index in [0.717, 1.165) is 267 Å². The predicted octanol–water partition coefficient (Wildman–Crippen LogP) is 33.2. The molecule has 132 heavy (non-hydrogen) atoms. The van der Waals surface area contributed by atoms with Gasteiger partial charge in [0.25, 0.3) is 41.4 Å². The Morgan fingerprint density at radius 2 is 0.477 bits per heavy atom. The molecule has 4 unspecified atom stereocenters. The van der Waals surface area contributed by atoms with E-state index in [9.17, 15) is 0 Å². The van der Waals surface area contributed by atoms with Gasteiger partial charge >= 0.3 is 0 Å². The minimum atomic E-state index is -0.349. The first kappa shape index (κ1) is 95.9. The van der Waals surface area contributed by atoms with E-state index in [-0.39, 0.29) is 65.6 Å². The van der Waals surface area contributed by atoms with Gasteiger partial charge in [-0.3, -0.25) is 48.3 Å². The lowest BCUT2D eigenvalue weighted by Crippen LogP contribution is -2.43. The monoisotopic (exact) mass is 1800 g/mol. The van der Waals surface area contributed by atoms with E-state index in [1.807, 2.05) is 42.5 Å². The lowest BCUT2D eigenvalue weighted by molar-refractivity contribution is 0.0563. The lowest BCUT2D eigenvalue weighted by Gasteiger charge is -2.34. The number of aromatic nitrogens is 2. The number of unbranched alkanes of at least 4 members (excludes halogenated alkanes) is 32. The van der Waals surface area contributed by atoms with Crippen LogP contribution < -0.4 is 0 Å². The van der Waals surface area contributed by atoms with Crippen molar-refractivity contribution in [2.24, 2.45) is 23.7 Å². The van der Waals surface area contributed by atoms with Gasteiger partial charge in [-0.25, -0.2) is 0 Å². The van der Waals surface area contributed by atoms with Crippen LogP contribution in [-0.4, -0.2) is 95.9 Å². The number of rotatable bonds is 58. The van der Waals surface area contributed by atoms with Gasteiger partial charge in [0.15, 0.2) is 0 Å². The second-order valence-corrected chi connectivity index (χ2v) is 41.4. The van der Waals surface area contributed by atoms with Gasteiger partial charge in [-0.15, -0.1) is 0 Å². The fourth-order valence-electron chi connectivity index (χ4n) is 24.1. The maximum atomic E-state index is 16.9. The molecule has 700 valence electrons. The normalized spacial score (nSPS) is 15.1. The molecule has 0 fully saturated rings. The number of carbonyl (C=O) groups is 7. The minimum Gasteiger partial charge on any atom is -0.334 e. The highest BCUT2D eigenvalue weighted by Crippen LogP contribution is 2.54. The highest BCUT2D eigenvalue weighted by Gasteiger charge is 2.43. The summed E-state index contributed by atoms with van der Waals surface area (Å²) in [5.74, 6) is -0.918. The fraction of sp³-hybridized carbons (Fsp3) is 0.551. The average molecular weight is 1800 g/mol. The Bertz CT molecular complexity index is 6090. The Morgan fingerprint density at radius 1 is 0.235 bits per heavy atom. The molecule has 14 heteroatoms. The number of carbonyl (C=O) groups excluding carboxylic acids is 7. The highest BCUT2D eigenvalue weighted by molar-refractivity contribution is 7.00. The van der Waals surface area contributed by atoms with Crippen molar-refractivity contribution >= 4 is 150 Å². The number of nitrogens with zero attached hydrogens (tertiary/aromatic N) is 6. The van der Waals surface area contributed by atoms with Crippen LogP contribution in [0.15, 0.2) is 97.1 Å². The third-order valence-electron chi connectivity index (χ3n) is 31.4. The van der Waals surface area contributed by atoms with E-state index in [2.05, 4.69) is 115 Å². The minimum absolute atomic E-state index is 0.0719. The summed E-state index contributed by atoms with van der Waals surface area (Å²) in [5.41, 5.74) is 8.23. The standard InChI is InChI=1S/C118H150N6O7S/c1-9-17-25-33-37-45-50-78(49-41-29-21-13-5)73-121-77-82-57-58-83-85-60-69-94-106-103(85)96(87-62-66-91(112(121)125)100(82)101(83)87)71-98(108(106)117(130)123(115(94)128)75-80(52-43-31-23-15-7)55-47-39-35-27-19-11-3)89-64-65-90(111-110(89)119-132-120-111)99-72-97-88-63-68-93-105-92(113(126)122(114(93)127)74-79(51-42-30-22-14-6)54-46-38-34-26-18-10-2)67-59-84(102(88)105)86-61-70-95-107(104(86)97)109(99)118(131)124(116(95)129)76-81(53-44-32-24-16-8)56-48-40-36-28-20-12-4/h57-72,78-81H,9-56,73-77H2,1-8H3. The third kappa shape index (κ3) is 19.8. The van der Waals surface area contributed by atoms with Crippen LogP contribution in [0.5, 0.6) is 0 Å². The Kier molecular flexibility index (Phi) is 33.0. The molecule has 0 spiro atoms. The van der Waals surface area contributed by atoms with Crippen molar-refractivity contribution in [2.75, 3.05) is 26.2 Å². The summed E-state index contributed by atoms with van der Waals surface area (Å²) in [7, 11) is 0. The molecule has 5 heterocycles. The SMILES string of the molecule is CCCCCCCCC(CCCCCC)CN1Cc2ccc3c4ccc5c6c(c(-c7ccc(-c8cc9c%10ccc%11c%12c(ccc(c%13ccc%14c(c8C(=O)N(CC(CCCCCC)CCCCCCCC)C%14=O)c%139)c%12%10)C(=O)N(CC(CCCCCC)CCCCCCCC)C%11=O)c8nsnc78)cc(c7ccc(c2c37)C1=O)c64)C(=O)N(CC(CCCCCC)CCCCCCCC)C5=O. The van der Waals surface area contributed by atoms with Crippen molar-refractivity contribution < 1.29 is 33.6 Å². The van der Waals surface area contributed by atoms with Gasteiger partial charge in [-0.2, -0.15) is 8.75 Å². The maximum Gasteiger partial charge on any atom is 0.262 e. The molecular formula is C118H150N6O7S. The maximum absolute atomic E-state index is 16.9. The van der Waals surface area contributed by atoms with Gasteiger partial charge in [-0.1, -0.05) is 367 Å². The Balaban J connectivity index is 0.867. The van der Waals surface area contributed by atoms with Crippen LogP contribution in [0.2, 0.25) is 0 Å². The van der Waals surface area contributed by atoms with Crippen LogP contribution in [0.1, 0.15) is 442 Å². The molecule has 4 aliphatic heterocycles. The van der Waals surface area contributed by atoms with Crippen LogP contribution in [-0.2, 0) is 6.54 Å². The van der Waals surface area contributed by atoms with Crippen molar-refractivity contribution in [1.29, 1.82) is 0 Å². The van der Waals surface area contributed by atoms with E-state index in [1.54, 1.807) is 14.7 Å². The molecule has 4 aliphatic rings.